The van der Waals surface area contributed by atoms with Gasteiger partial charge in [0.05, 0.1) is 5.75 Å². The zero-order chi connectivity index (χ0) is 16.2. The molecule has 1 N–H and O–H groups in total. The first-order valence-corrected chi connectivity index (χ1v) is 10.7. The molecule has 124 valence electrons. The molecule has 1 aliphatic carbocycles. The minimum atomic E-state index is -3.24. The molecular weight excluding hydrogens is 326 g/mol. The van der Waals surface area contributed by atoms with E-state index >= 15 is 0 Å². The molecule has 0 saturated heterocycles. The summed E-state index contributed by atoms with van der Waals surface area (Å²) >= 11 is 1.75. The smallest absolute Gasteiger partial charge is 0.211 e. The number of hydrogen-bond donors (Lipinski definition) is 1. The largest absolute Gasteiger partial charge is 0.214 e. The van der Waals surface area contributed by atoms with Crippen molar-refractivity contribution in [2.75, 3.05) is 12.3 Å². The van der Waals surface area contributed by atoms with Crippen LogP contribution in [0.4, 0.5) is 0 Å². The summed E-state index contributed by atoms with van der Waals surface area (Å²) in [5.74, 6) is 0.150. The van der Waals surface area contributed by atoms with Gasteiger partial charge >= 0.3 is 0 Å². The second-order valence-corrected chi connectivity index (χ2v) is 9.21. The monoisotopic (exact) mass is 349 g/mol. The van der Waals surface area contributed by atoms with Crippen molar-refractivity contribution in [3.63, 3.8) is 0 Å². The van der Waals surface area contributed by atoms with Crippen LogP contribution in [0.15, 0.2) is 47.8 Å². The Balaban J connectivity index is 1.61. The predicted molar refractivity (Wildman–Crippen MR) is 96.4 cm³/mol. The fourth-order valence-corrected chi connectivity index (χ4v) is 5.49. The number of sulfonamides is 1. The van der Waals surface area contributed by atoms with Crippen LogP contribution in [0.25, 0.3) is 0 Å². The van der Waals surface area contributed by atoms with E-state index < -0.39 is 10.0 Å². The van der Waals surface area contributed by atoms with E-state index in [1.165, 1.54) is 17.7 Å². The molecule has 3 rings (SSSR count). The molecule has 0 bridgehead atoms. The molecule has 0 amide bonds. The van der Waals surface area contributed by atoms with Crippen molar-refractivity contribution in [2.45, 2.75) is 37.5 Å². The molecule has 5 heteroatoms. The Kier molecular flexibility index (Phi) is 5.19. The van der Waals surface area contributed by atoms with E-state index in [4.69, 9.17) is 0 Å². The number of rotatable bonds is 7. The first-order valence-electron chi connectivity index (χ1n) is 8.15. The van der Waals surface area contributed by atoms with E-state index in [1.807, 2.05) is 30.3 Å². The highest BCUT2D eigenvalue weighted by Crippen LogP contribution is 2.42. The summed E-state index contributed by atoms with van der Waals surface area (Å²) in [7, 11) is -3.24. The van der Waals surface area contributed by atoms with Crippen LogP contribution in [-0.2, 0) is 21.9 Å². The molecule has 2 aromatic rings. The lowest BCUT2D eigenvalue weighted by Crippen LogP contribution is -2.39. The normalized spacial score (nSPS) is 17.4. The van der Waals surface area contributed by atoms with Gasteiger partial charge in [0, 0.05) is 16.8 Å². The number of thiophene rings is 1. The maximum absolute atomic E-state index is 12.4. The molecule has 1 heterocycles. The van der Waals surface area contributed by atoms with E-state index in [1.54, 1.807) is 11.3 Å². The van der Waals surface area contributed by atoms with Gasteiger partial charge in [0.25, 0.3) is 0 Å². The van der Waals surface area contributed by atoms with E-state index in [9.17, 15) is 8.42 Å². The number of hydrogen-bond acceptors (Lipinski definition) is 3. The number of nitrogens with one attached hydrogen (secondary N) is 1. The Morgan fingerprint density at radius 2 is 1.78 bits per heavy atom. The number of benzene rings is 1. The zero-order valence-electron chi connectivity index (χ0n) is 13.2. The molecule has 0 spiro atoms. The minimum absolute atomic E-state index is 0.00792. The van der Waals surface area contributed by atoms with Crippen molar-refractivity contribution in [1.29, 1.82) is 0 Å². The maximum Gasteiger partial charge on any atom is 0.211 e. The molecule has 1 aromatic carbocycles. The number of aryl methyl sites for hydroxylation is 1. The molecule has 0 radical (unpaired) electrons. The fraction of sp³-hybridized carbons (Fsp3) is 0.444. The highest BCUT2D eigenvalue weighted by molar-refractivity contribution is 7.89. The Morgan fingerprint density at radius 3 is 2.43 bits per heavy atom. The van der Waals surface area contributed by atoms with Gasteiger partial charge in [0.2, 0.25) is 10.0 Å². The average Bonchev–Trinajstić information content (AvgIpc) is 3.24. The molecule has 0 unspecified atom stereocenters. The summed E-state index contributed by atoms with van der Waals surface area (Å²) in [4.78, 5) is 1.32. The molecule has 1 saturated carbocycles. The van der Waals surface area contributed by atoms with Crippen molar-refractivity contribution in [3.05, 3.63) is 58.3 Å². The van der Waals surface area contributed by atoms with E-state index in [0.717, 1.165) is 18.4 Å². The van der Waals surface area contributed by atoms with Crippen molar-refractivity contribution < 1.29 is 8.42 Å². The summed E-state index contributed by atoms with van der Waals surface area (Å²) in [5, 5.41) is 2.08. The fourth-order valence-electron chi connectivity index (χ4n) is 3.36. The molecule has 1 fully saturated rings. The lowest BCUT2D eigenvalue weighted by molar-refractivity contribution is 0.440. The molecule has 0 aliphatic heterocycles. The van der Waals surface area contributed by atoms with Crippen LogP contribution in [0.1, 0.15) is 36.1 Å². The quantitative estimate of drug-likeness (QED) is 0.828. The molecule has 0 atom stereocenters. The second kappa shape index (κ2) is 7.16. The van der Waals surface area contributed by atoms with Gasteiger partial charge in [-0.1, -0.05) is 49.2 Å². The lowest BCUT2D eigenvalue weighted by Gasteiger charge is -2.28. The third kappa shape index (κ3) is 4.22. The van der Waals surface area contributed by atoms with Gasteiger partial charge in [-0.2, -0.15) is 0 Å². The van der Waals surface area contributed by atoms with Crippen molar-refractivity contribution in [1.82, 2.24) is 4.72 Å². The zero-order valence-corrected chi connectivity index (χ0v) is 14.8. The highest BCUT2D eigenvalue weighted by Gasteiger charge is 2.37. The Labute approximate surface area is 142 Å². The van der Waals surface area contributed by atoms with Crippen LogP contribution >= 0.6 is 11.3 Å². The second-order valence-electron chi connectivity index (χ2n) is 6.34. The first-order chi connectivity index (χ1) is 11.1. The summed E-state index contributed by atoms with van der Waals surface area (Å²) in [6.07, 6.45) is 5.08. The molecule has 3 nitrogen and oxygen atoms in total. The Morgan fingerprint density at radius 1 is 1.04 bits per heavy atom. The summed E-state index contributed by atoms with van der Waals surface area (Å²) < 4.78 is 27.6. The first kappa shape index (κ1) is 16.7. The van der Waals surface area contributed by atoms with Gasteiger partial charge in [-0.25, -0.2) is 13.1 Å². The average molecular weight is 350 g/mol. The topological polar surface area (TPSA) is 46.2 Å². The standard InChI is InChI=1S/C18H23NO2S2/c20-23(21,14-10-16-7-2-1-3-8-16)19-15-18(11-4-5-12-18)17-9-6-13-22-17/h1-3,6-9,13,19H,4-5,10-12,14-15H2. The van der Waals surface area contributed by atoms with Gasteiger partial charge < -0.3 is 0 Å². The van der Waals surface area contributed by atoms with Crippen molar-refractivity contribution in [2.24, 2.45) is 0 Å². The van der Waals surface area contributed by atoms with Crippen molar-refractivity contribution >= 4 is 21.4 Å². The minimum Gasteiger partial charge on any atom is -0.214 e. The van der Waals surface area contributed by atoms with Gasteiger partial charge in [-0.3, -0.25) is 0 Å². The SMILES string of the molecule is O=S(=O)(CCc1ccccc1)NCC1(c2cccs2)CCCC1. The lowest BCUT2D eigenvalue weighted by atomic mass is 9.85. The predicted octanol–water partition coefficient (Wildman–Crippen LogP) is 3.72. The molecular formula is C18H23NO2S2. The van der Waals surface area contributed by atoms with Gasteiger partial charge in [0.1, 0.15) is 0 Å². The van der Waals surface area contributed by atoms with Crippen LogP contribution in [0.2, 0.25) is 0 Å². The van der Waals surface area contributed by atoms with E-state index in [-0.39, 0.29) is 11.2 Å². The van der Waals surface area contributed by atoms with Gasteiger partial charge in [-0.15, -0.1) is 11.3 Å². The summed E-state index contributed by atoms with van der Waals surface area (Å²) in [6, 6.07) is 14.0. The maximum atomic E-state index is 12.4. The van der Waals surface area contributed by atoms with Crippen LogP contribution in [0, 0.1) is 0 Å². The molecule has 1 aromatic heterocycles. The Bertz CT molecular complexity index is 703. The third-order valence-corrected chi connectivity index (χ3v) is 7.18. The molecule has 23 heavy (non-hydrogen) atoms. The Hall–Kier alpha value is -1.17. The summed E-state index contributed by atoms with van der Waals surface area (Å²) in [6.45, 7) is 0.532. The van der Waals surface area contributed by atoms with E-state index in [2.05, 4.69) is 22.2 Å². The van der Waals surface area contributed by atoms with Gasteiger partial charge in [-0.05, 0) is 36.3 Å². The highest BCUT2D eigenvalue weighted by atomic mass is 32.2. The van der Waals surface area contributed by atoms with Crippen molar-refractivity contribution in [3.8, 4) is 0 Å². The van der Waals surface area contributed by atoms with Crippen LogP contribution in [-0.4, -0.2) is 20.7 Å². The van der Waals surface area contributed by atoms with Crippen LogP contribution in [0.3, 0.4) is 0 Å². The molecule has 1 aliphatic rings. The van der Waals surface area contributed by atoms with E-state index in [0.29, 0.717) is 13.0 Å². The summed E-state index contributed by atoms with van der Waals surface area (Å²) in [5.41, 5.74) is 1.07. The third-order valence-electron chi connectivity index (χ3n) is 4.74. The van der Waals surface area contributed by atoms with Crippen LogP contribution < -0.4 is 4.72 Å². The van der Waals surface area contributed by atoms with Gasteiger partial charge in [0.15, 0.2) is 0 Å². The van der Waals surface area contributed by atoms with Crippen LogP contribution in [0.5, 0.6) is 0 Å².